The lowest BCUT2D eigenvalue weighted by Gasteiger charge is -2.09. The van der Waals surface area contributed by atoms with Crippen molar-refractivity contribution in [1.29, 1.82) is 0 Å². The van der Waals surface area contributed by atoms with Gasteiger partial charge in [0.25, 0.3) is 0 Å². The fraction of sp³-hybridized carbons (Fsp3) is 0.417. The van der Waals surface area contributed by atoms with Crippen molar-refractivity contribution in [1.82, 2.24) is 5.32 Å². The molecule has 0 fully saturated rings. The van der Waals surface area contributed by atoms with Crippen LogP contribution in [0, 0.1) is 5.92 Å². The number of hydrogen-bond donors (Lipinski definition) is 1. The summed E-state index contributed by atoms with van der Waals surface area (Å²) in [6.45, 7) is 2.30. The van der Waals surface area contributed by atoms with Gasteiger partial charge in [-0.15, -0.1) is 11.6 Å². The standard InChI is InChI=1S/C12H16ClNO2/c1-9(7-13)12(15)14-8-10-4-3-5-11(6-10)16-2/h3-6,9H,7-8H2,1-2H3,(H,14,15). The molecule has 1 aromatic carbocycles. The van der Waals surface area contributed by atoms with Crippen LogP contribution in [0.1, 0.15) is 12.5 Å². The Hall–Kier alpha value is -1.22. The molecule has 1 aromatic rings. The second-order valence-electron chi connectivity index (χ2n) is 3.62. The average Bonchev–Trinajstić information content (AvgIpc) is 2.35. The maximum atomic E-state index is 11.5. The monoisotopic (exact) mass is 241 g/mol. The summed E-state index contributed by atoms with van der Waals surface area (Å²) >= 11 is 5.60. The molecule has 1 atom stereocenters. The molecule has 0 aliphatic carbocycles. The Labute approximate surface area is 101 Å². The summed E-state index contributed by atoms with van der Waals surface area (Å²) in [4.78, 5) is 11.5. The Kier molecular flexibility index (Phi) is 5.12. The molecule has 3 nitrogen and oxygen atoms in total. The Morgan fingerprint density at radius 1 is 1.56 bits per heavy atom. The number of benzene rings is 1. The van der Waals surface area contributed by atoms with E-state index in [0.717, 1.165) is 11.3 Å². The fourth-order valence-electron chi connectivity index (χ4n) is 1.22. The Balaban J connectivity index is 2.51. The molecule has 88 valence electrons. The summed E-state index contributed by atoms with van der Waals surface area (Å²) in [7, 11) is 1.62. The maximum Gasteiger partial charge on any atom is 0.224 e. The van der Waals surface area contributed by atoms with Crippen molar-refractivity contribution in [2.75, 3.05) is 13.0 Å². The molecule has 4 heteroatoms. The highest BCUT2D eigenvalue weighted by Crippen LogP contribution is 2.12. The fourth-order valence-corrected chi connectivity index (χ4v) is 1.36. The molecule has 0 saturated carbocycles. The van der Waals surface area contributed by atoms with E-state index >= 15 is 0 Å². The second-order valence-corrected chi connectivity index (χ2v) is 3.93. The van der Waals surface area contributed by atoms with Gasteiger partial charge in [-0.2, -0.15) is 0 Å². The molecule has 0 aliphatic rings. The second kappa shape index (κ2) is 6.38. The molecule has 0 bridgehead atoms. The van der Waals surface area contributed by atoms with Gasteiger partial charge in [0.1, 0.15) is 5.75 Å². The van der Waals surface area contributed by atoms with Gasteiger partial charge in [0, 0.05) is 18.3 Å². The Morgan fingerprint density at radius 3 is 2.94 bits per heavy atom. The summed E-state index contributed by atoms with van der Waals surface area (Å²) < 4.78 is 5.10. The Morgan fingerprint density at radius 2 is 2.31 bits per heavy atom. The molecule has 0 spiro atoms. The van der Waals surface area contributed by atoms with E-state index in [2.05, 4.69) is 5.32 Å². The normalized spacial score (nSPS) is 11.9. The lowest BCUT2D eigenvalue weighted by molar-refractivity contribution is -0.124. The van der Waals surface area contributed by atoms with Crippen molar-refractivity contribution in [3.05, 3.63) is 29.8 Å². The lowest BCUT2D eigenvalue weighted by Crippen LogP contribution is -2.29. The van der Waals surface area contributed by atoms with Crippen molar-refractivity contribution < 1.29 is 9.53 Å². The summed E-state index contributed by atoms with van der Waals surface area (Å²) in [6, 6.07) is 7.60. The number of alkyl halides is 1. The first-order chi connectivity index (χ1) is 7.67. The summed E-state index contributed by atoms with van der Waals surface area (Å²) in [6.07, 6.45) is 0. The zero-order chi connectivity index (χ0) is 12.0. The molecule has 1 amide bonds. The molecule has 0 saturated heterocycles. The molecule has 0 heterocycles. The number of carbonyl (C=O) groups is 1. The average molecular weight is 242 g/mol. The van der Waals surface area contributed by atoms with Crippen LogP contribution in [0.15, 0.2) is 24.3 Å². The number of methoxy groups -OCH3 is 1. The highest BCUT2D eigenvalue weighted by Gasteiger charge is 2.10. The van der Waals surface area contributed by atoms with Crippen molar-refractivity contribution in [3.8, 4) is 5.75 Å². The lowest BCUT2D eigenvalue weighted by atomic mass is 10.2. The SMILES string of the molecule is COc1cccc(CNC(=O)C(C)CCl)c1. The van der Waals surface area contributed by atoms with E-state index in [1.165, 1.54) is 0 Å². The number of carbonyl (C=O) groups excluding carboxylic acids is 1. The molecule has 16 heavy (non-hydrogen) atoms. The van der Waals surface area contributed by atoms with Crippen LogP contribution >= 0.6 is 11.6 Å². The summed E-state index contributed by atoms with van der Waals surface area (Å²) in [5, 5.41) is 2.82. The quantitative estimate of drug-likeness (QED) is 0.803. The minimum Gasteiger partial charge on any atom is -0.497 e. The van der Waals surface area contributed by atoms with Crippen LogP contribution < -0.4 is 10.1 Å². The van der Waals surface area contributed by atoms with Gasteiger partial charge in [-0.25, -0.2) is 0 Å². The van der Waals surface area contributed by atoms with Gasteiger partial charge < -0.3 is 10.1 Å². The highest BCUT2D eigenvalue weighted by molar-refractivity contribution is 6.19. The van der Waals surface area contributed by atoms with Crippen LogP contribution in [-0.2, 0) is 11.3 Å². The minimum absolute atomic E-state index is 0.0298. The topological polar surface area (TPSA) is 38.3 Å². The van der Waals surface area contributed by atoms with E-state index in [-0.39, 0.29) is 11.8 Å². The van der Waals surface area contributed by atoms with Crippen LogP contribution in [0.5, 0.6) is 5.75 Å². The first-order valence-electron chi connectivity index (χ1n) is 5.14. The molecular weight excluding hydrogens is 226 g/mol. The van der Waals surface area contributed by atoms with Crippen molar-refractivity contribution in [3.63, 3.8) is 0 Å². The first-order valence-corrected chi connectivity index (χ1v) is 5.67. The summed E-state index contributed by atoms with van der Waals surface area (Å²) in [5.41, 5.74) is 1.01. The van der Waals surface area contributed by atoms with Gasteiger partial charge in [0.2, 0.25) is 5.91 Å². The number of hydrogen-bond acceptors (Lipinski definition) is 2. The zero-order valence-electron chi connectivity index (χ0n) is 9.50. The van der Waals surface area contributed by atoms with Crippen LogP contribution in [-0.4, -0.2) is 18.9 Å². The van der Waals surface area contributed by atoms with E-state index in [1.807, 2.05) is 24.3 Å². The number of halogens is 1. The smallest absolute Gasteiger partial charge is 0.224 e. The van der Waals surface area contributed by atoms with Gasteiger partial charge in [0.15, 0.2) is 0 Å². The van der Waals surface area contributed by atoms with Gasteiger partial charge in [-0.1, -0.05) is 19.1 Å². The summed E-state index contributed by atoms with van der Waals surface area (Å²) in [5.74, 6) is 0.937. The first kappa shape index (κ1) is 12.8. The van der Waals surface area contributed by atoms with E-state index in [0.29, 0.717) is 12.4 Å². The van der Waals surface area contributed by atoms with Crippen LogP contribution in [0.3, 0.4) is 0 Å². The number of nitrogens with one attached hydrogen (secondary N) is 1. The Bertz CT molecular complexity index is 355. The van der Waals surface area contributed by atoms with E-state index in [1.54, 1.807) is 14.0 Å². The molecular formula is C12H16ClNO2. The van der Waals surface area contributed by atoms with Gasteiger partial charge in [0.05, 0.1) is 7.11 Å². The van der Waals surface area contributed by atoms with E-state index in [9.17, 15) is 4.79 Å². The molecule has 0 aromatic heterocycles. The third-order valence-electron chi connectivity index (χ3n) is 2.28. The predicted octanol–water partition coefficient (Wildman–Crippen LogP) is 2.19. The molecule has 1 unspecified atom stereocenters. The number of rotatable bonds is 5. The van der Waals surface area contributed by atoms with Crippen molar-refractivity contribution in [2.45, 2.75) is 13.5 Å². The number of ether oxygens (including phenoxy) is 1. The third-order valence-corrected chi connectivity index (χ3v) is 2.74. The van der Waals surface area contributed by atoms with Crippen LogP contribution in [0.25, 0.3) is 0 Å². The van der Waals surface area contributed by atoms with Crippen LogP contribution in [0.4, 0.5) is 0 Å². The third kappa shape index (κ3) is 3.74. The molecule has 1 rings (SSSR count). The van der Waals surface area contributed by atoms with E-state index < -0.39 is 0 Å². The zero-order valence-corrected chi connectivity index (χ0v) is 10.3. The van der Waals surface area contributed by atoms with Gasteiger partial charge in [-0.3, -0.25) is 4.79 Å². The molecule has 0 radical (unpaired) electrons. The van der Waals surface area contributed by atoms with Gasteiger partial charge >= 0.3 is 0 Å². The van der Waals surface area contributed by atoms with Crippen molar-refractivity contribution in [2.24, 2.45) is 5.92 Å². The van der Waals surface area contributed by atoms with Crippen molar-refractivity contribution >= 4 is 17.5 Å². The minimum atomic E-state index is -0.160. The number of amides is 1. The largest absolute Gasteiger partial charge is 0.497 e. The predicted molar refractivity (Wildman–Crippen MR) is 64.7 cm³/mol. The van der Waals surface area contributed by atoms with Gasteiger partial charge in [-0.05, 0) is 17.7 Å². The maximum absolute atomic E-state index is 11.5. The van der Waals surface area contributed by atoms with Crippen LogP contribution in [0.2, 0.25) is 0 Å². The van der Waals surface area contributed by atoms with E-state index in [4.69, 9.17) is 16.3 Å². The molecule has 0 aliphatic heterocycles. The highest BCUT2D eigenvalue weighted by atomic mass is 35.5. The molecule has 1 N–H and O–H groups in total.